The monoisotopic (exact) mass is 451 g/mol. The first-order valence-electron chi connectivity index (χ1n) is 10.9. The number of nitrogens with one attached hydrogen (secondary N) is 1. The third-order valence-corrected chi connectivity index (χ3v) is 6.20. The molecule has 0 saturated carbocycles. The number of hydrogen-bond acceptors (Lipinski definition) is 7. The average molecular weight is 451 g/mol. The SMILES string of the molecule is COC(=O)c1ccc(C2Oc3ccc(C)cc3C3=C2C(c2cccnc2)n2ncnc2N3)cc1. The van der Waals surface area contributed by atoms with Crippen molar-refractivity contribution < 1.29 is 14.3 Å². The van der Waals surface area contributed by atoms with Gasteiger partial charge >= 0.3 is 5.97 Å². The van der Waals surface area contributed by atoms with E-state index in [0.29, 0.717) is 11.5 Å². The number of aromatic nitrogens is 4. The number of ether oxygens (including phenoxy) is 2. The molecule has 168 valence electrons. The van der Waals surface area contributed by atoms with Crippen LogP contribution in [0.2, 0.25) is 0 Å². The molecular weight excluding hydrogens is 430 g/mol. The van der Waals surface area contributed by atoms with Crippen molar-refractivity contribution in [3.8, 4) is 5.75 Å². The standard InChI is InChI=1S/C26H21N5O3/c1-15-5-10-20-19(12-15)22-21(24(34-20)16-6-8-17(9-7-16)25(32)33-2)23(18-4-3-11-27-13-18)31-26(30-22)28-14-29-31/h3-14,23-24H,1-2H3,(H,28,29,30). The molecule has 2 aliphatic rings. The highest BCUT2D eigenvalue weighted by molar-refractivity contribution is 5.89. The van der Waals surface area contributed by atoms with Crippen LogP contribution in [0.4, 0.5) is 5.95 Å². The molecule has 1 N–H and O–H groups in total. The molecule has 0 aliphatic carbocycles. The molecule has 2 aromatic carbocycles. The van der Waals surface area contributed by atoms with Crippen molar-refractivity contribution in [2.24, 2.45) is 0 Å². The van der Waals surface area contributed by atoms with Gasteiger partial charge in [-0.05, 0) is 48.4 Å². The zero-order valence-corrected chi connectivity index (χ0v) is 18.6. The first kappa shape index (κ1) is 20.2. The Morgan fingerprint density at radius 1 is 1.12 bits per heavy atom. The minimum atomic E-state index is -0.424. The van der Waals surface area contributed by atoms with Gasteiger partial charge in [-0.3, -0.25) is 4.98 Å². The molecule has 0 fully saturated rings. The lowest BCUT2D eigenvalue weighted by atomic mass is 9.84. The summed E-state index contributed by atoms with van der Waals surface area (Å²) in [5.74, 6) is 1.05. The van der Waals surface area contributed by atoms with E-state index >= 15 is 0 Å². The van der Waals surface area contributed by atoms with Gasteiger partial charge in [0.1, 0.15) is 24.2 Å². The summed E-state index contributed by atoms with van der Waals surface area (Å²) in [4.78, 5) is 20.8. The molecule has 4 aromatic rings. The molecule has 2 atom stereocenters. The van der Waals surface area contributed by atoms with Gasteiger partial charge in [0.25, 0.3) is 0 Å². The molecule has 6 rings (SSSR count). The molecule has 8 nitrogen and oxygen atoms in total. The number of esters is 1. The van der Waals surface area contributed by atoms with E-state index in [0.717, 1.165) is 39.3 Å². The third kappa shape index (κ3) is 3.14. The number of nitrogens with zero attached hydrogens (tertiary/aromatic N) is 4. The fraction of sp³-hybridized carbons (Fsp3) is 0.154. The van der Waals surface area contributed by atoms with E-state index in [9.17, 15) is 4.79 Å². The van der Waals surface area contributed by atoms with Gasteiger partial charge in [0, 0.05) is 23.5 Å². The van der Waals surface area contributed by atoms with E-state index in [1.54, 1.807) is 24.7 Å². The summed E-state index contributed by atoms with van der Waals surface area (Å²) in [5.41, 5.74) is 6.40. The number of pyridine rings is 1. The van der Waals surface area contributed by atoms with Crippen molar-refractivity contribution in [1.29, 1.82) is 0 Å². The second-order valence-corrected chi connectivity index (χ2v) is 8.28. The number of aryl methyl sites for hydroxylation is 1. The van der Waals surface area contributed by atoms with E-state index in [4.69, 9.17) is 9.47 Å². The molecule has 34 heavy (non-hydrogen) atoms. The number of benzene rings is 2. The number of carbonyl (C=O) groups excluding carboxylic acids is 1. The highest BCUT2D eigenvalue weighted by atomic mass is 16.5. The van der Waals surface area contributed by atoms with Crippen LogP contribution < -0.4 is 10.1 Å². The fourth-order valence-electron chi connectivity index (χ4n) is 4.63. The molecule has 8 heteroatoms. The van der Waals surface area contributed by atoms with E-state index in [-0.39, 0.29) is 12.0 Å². The Labute approximate surface area is 195 Å². The van der Waals surface area contributed by atoms with Gasteiger partial charge in [0.15, 0.2) is 0 Å². The maximum atomic E-state index is 12.0. The summed E-state index contributed by atoms with van der Waals surface area (Å²) >= 11 is 0. The highest BCUT2D eigenvalue weighted by Gasteiger charge is 2.41. The van der Waals surface area contributed by atoms with Crippen molar-refractivity contribution >= 4 is 17.6 Å². The summed E-state index contributed by atoms with van der Waals surface area (Å²) in [6.45, 7) is 2.06. The zero-order valence-electron chi connectivity index (χ0n) is 18.6. The van der Waals surface area contributed by atoms with Crippen molar-refractivity contribution in [3.05, 3.63) is 107 Å². The normalized spacial score (nSPS) is 18.2. The Hall–Kier alpha value is -4.46. The summed E-state index contributed by atoms with van der Waals surface area (Å²) in [6, 6.07) is 17.1. The van der Waals surface area contributed by atoms with Crippen molar-refractivity contribution in [1.82, 2.24) is 19.7 Å². The smallest absolute Gasteiger partial charge is 0.337 e. The lowest BCUT2D eigenvalue weighted by Crippen LogP contribution is -2.32. The largest absolute Gasteiger partial charge is 0.480 e. The summed E-state index contributed by atoms with van der Waals surface area (Å²) in [6.07, 6.45) is 4.71. The summed E-state index contributed by atoms with van der Waals surface area (Å²) < 4.78 is 13.3. The molecule has 2 aliphatic heterocycles. The minimum absolute atomic E-state index is 0.276. The predicted octanol–water partition coefficient (Wildman–Crippen LogP) is 4.33. The van der Waals surface area contributed by atoms with Crippen molar-refractivity contribution in [2.75, 3.05) is 12.4 Å². The number of anilines is 1. The highest BCUT2D eigenvalue weighted by Crippen LogP contribution is 2.50. The molecule has 0 amide bonds. The second kappa shape index (κ2) is 7.84. The first-order valence-corrected chi connectivity index (χ1v) is 10.9. The number of hydrogen-bond donors (Lipinski definition) is 1. The first-order chi connectivity index (χ1) is 16.6. The lowest BCUT2D eigenvalue weighted by Gasteiger charge is -2.39. The van der Waals surface area contributed by atoms with Crippen LogP contribution in [0, 0.1) is 6.92 Å². The molecule has 0 radical (unpaired) electrons. The van der Waals surface area contributed by atoms with Gasteiger partial charge in [0.2, 0.25) is 5.95 Å². The number of fused-ring (bicyclic) bond motifs is 3. The zero-order chi connectivity index (χ0) is 23.2. The predicted molar refractivity (Wildman–Crippen MR) is 125 cm³/mol. The van der Waals surface area contributed by atoms with Gasteiger partial charge in [0.05, 0.1) is 18.4 Å². The van der Waals surface area contributed by atoms with Crippen LogP contribution in [0.3, 0.4) is 0 Å². The maximum absolute atomic E-state index is 12.0. The van der Waals surface area contributed by atoms with E-state index in [1.807, 2.05) is 47.3 Å². The van der Waals surface area contributed by atoms with E-state index < -0.39 is 6.10 Å². The van der Waals surface area contributed by atoms with Crippen LogP contribution in [0.15, 0.2) is 78.9 Å². The Morgan fingerprint density at radius 2 is 1.97 bits per heavy atom. The molecule has 2 unspecified atom stereocenters. The maximum Gasteiger partial charge on any atom is 0.337 e. The van der Waals surface area contributed by atoms with Crippen LogP contribution >= 0.6 is 0 Å². The third-order valence-electron chi connectivity index (χ3n) is 6.20. The molecular formula is C26H21N5O3. The quantitative estimate of drug-likeness (QED) is 0.464. The Bertz CT molecular complexity index is 1430. The van der Waals surface area contributed by atoms with Gasteiger partial charge in [-0.1, -0.05) is 29.8 Å². The van der Waals surface area contributed by atoms with Crippen LogP contribution in [0.25, 0.3) is 5.70 Å². The van der Waals surface area contributed by atoms with Crippen LogP contribution in [-0.4, -0.2) is 32.8 Å². The van der Waals surface area contributed by atoms with Crippen LogP contribution in [-0.2, 0) is 4.74 Å². The lowest BCUT2D eigenvalue weighted by molar-refractivity contribution is 0.0600. The van der Waals surface area contributed by atoms with E-state index in [1.165, 1.54) is 7.11 Å². The summed E-state index contributed by atoms with van der Waals surface area (Å²) in [5, 5.41) is 8.02. The van der Waals surface area contributed by atoms with Gasteiger partial charge in [-0.15, -0.1) is 0 Å². The number of rotatable bonds is 3. The van der Waals surface area contributed by atoms with E-state index in [2.05, 4.69) is 33.4 Å². The molecule has 0 saturated heterocycles. The Morgan fingerprint density at radius 3 is 2.74 bits per heavy atom. The molecule has 4 heterocycles. The molecule has 0 bridgehead atoms. The number of methoxy groups -OCH3 is 1. The van der Waals surface area contributed by atoms with Gasteiger partial charge in [-0.25, -0.2) is 9.48 Å². The van der Waals surface area contributed by atoms with Crippen molar-refractivity contribution in [3.63, 3.8) is 0 Å². The Kier molecular flexibility index (Phi) is 4.65. The number of carbonyl (C=O) groups is 1. The summed E-state index contributed by atoms with van der Waals surface area (Å²) in [7, 11) is 1.37. The van der Waals surface area contributed by atoms with Crippen LogP contribution in [0.1, 0.15) is 44.8 Å². The molecule has 0 spiro atoms. The fourth-order valence-corrected chi connectivity index (χ4v) is 4.63. The van der Waals surface area contributed by atoms with Gasteiger partial charge in [-0.2, -0.15) is 10.1 Å². The van der Waals surface area contributed by atoms with Gasteiger partial charge < -0.3 is 14.8 Å². The topological polar surface area (TPSA) is 91.2 Å². The molecule has 2 aromatic heterocycles. The second-order valence-electron chi connectivity index (χ2n) is 8.28. The van der Waals surface area contributed by atoms with Crippen molar-refractivity contribution in [2.45, 2.75) is 19.1 Å². The average Bonchev–Trinajstić information content (AvgIpc) is 3.35. The minimum Gasteiger partial charge on any atom is -0.480 e. The van der Waals surface area contributed by atoms with Crippen LogP contribution in [0.5, 0.6) is 5.75 Å². The Balaban J connectivity index is 1.57.